The summed E-state index contributed by atoms with van der Waals surface area (Å²) in [6, 6.07) is 11.1. The molecule has 0 saturated carbocycles. The second-order valence-corrected chi connectivity index (χ2v) is 5.40. The first-order chi connectivity index (χ1) is 12.5. The van der Waals surface area contributed by atoms with E-state index in [1.165, 1.54) is 21.3 Å². The van der Waals surface area contributed by atoms with Gasteiger partial charge in [-0.25, -0.2) is 4.79 Å². The molecule has 0 bridgehead atoms. The van der Waals surface area contributed by atoms with E-state index in [0.29, 0.717) is 28.3 Å². The highest BCUT2D eigenvalue weighted by molar-refractivity contribution is 6.12. The van der Waals surface area contributed by atoms with Crippen molar-refractivity contribution in [2.24, 2.45) is 0 Å². The zero-order valence-electron chi connectivity index (χ0n) is 14.5. The number of hydrogen-bond donors (Lipinski definition) is 1. The van der Waals surface area contributed by atoms with E-state index in [1.807, 2.05) is 0 Å². The maximum absolute atomic E-state index is 12.7. The Balaban J connectivity index is 2.01. The number of rotatable bonds is 5. The van der Waals surface area contributed by atoms with Crippen molar-refractivity contribution in [3.05, 3.63) is 58.4 Å². The van der Waals surface area contributed by atoms with Gasteiger partial charge in [0.15, 0.2) is 0 Å². The fraction of sp³-hybridized carbons (Fsp3) is 0.158. The lowest BCUT2D eigenvalue weighted by Gasteiger charge is -2.11. The normalized spacial score (nSPS) is 10.4. The molecule has 0 aliphatic rings. The number of nitrogens with one attached hydrogen (secondary N) is 1. The van der Waals surface area contributed by atoms with Crippen LogP contribution in [-0.2, 0) is 0 Å². The number of ether oxygens (including phenoxy) is 3. The molecule has 0 atom stereocenters. The summed E-state index contributed by atoms with van der Waals surface area (Å²) in [5.41, 5.74) is 0.311. The molecule has 7 nitrogen and oxygen atoms in total. The van der Waals surface area contributed by atoms with Gasteiger partial charge in [0.2, 0.25) is 0 Å². The van der Waals surface area contributed by atoms with E-state index in [4.69, 9.17) is 18.6 Å². The number of methoxy groups -OCH3 is 3. The molecule has 1 aromatic heterocycles. The molecule has 1 heterocycles. The van der Waals surface area contributed by atoms with Gasteiger partial charge in [0.25, 0.3) is 5.91 Å². The van der Waals surface area contributed by atoms with E-state index in [0.717, 1.165) is 6.07 Å². The van der Waals surface area contributed by atoms with Crippen LogP contribution in [0.5, 0.6) is 17.2 Å². The van der Waals surface area contributed by atoms with Gasteiger partial charge in [-0.3, -0.25) is 4.79 Å². The van der Waals surface area contributed by atoms with Gasteiger partial charge in [0.1, 0.15) is 22.8 Å². The van der Waals surface area contributed by atoms with Gasteiger partial charge in [-0.2, -0.15) is 0 Å². The number of hydrogen-bond acceptors (Lipinski definition) is 6. The van der Waals surface area contributed by atoms with Gasteiger partial charge in [-0.15, -0.1) is 0 Å². The molecule has 0 unspecified atom stereocenters. The number of carbonyl (C=O) groups excluding carboxylic acids is 1. The van der Waals surface area contributed by atoms with Crippen LogP contribution in [0.4, 0.5) is 5.69 Å². The average Bonchev–Trinajstić information content (AvgIpc) is 2.66. The van der Waals surface area contributed by atoms with Gasteiger partial charge >= 0.3 is 5.63 Å². The fourth-order valence-corrected chi connectivity index (χ4v) is 2.54. The molecule has 0 spiro atoms. The molecule has 1 amide bonds. The average molecular weight is 355 g/mol. The summed E-state index contributed by atoms with van der Waals surface area (Å²) in [7, 11) is 4.54. The lowest BCUT2D eigenvalue weighted by atomic mass is 10.1. The molecule has 0 aliphatic heterocycles. The lowest BCUT2D eigenvalue weighted by molar-refractivity contribution is 0.102. The van der Waals surface area contributed by atoms with Gasteiger partial charge in [0.05, 0.1) is 26.9 Å². The molecule has 1 N–H and O–H groups in total. The zero-order valence-corrected chi connectivity index (χ0v) is 14.5. The molecule has 3 aromatic rings. The van der Waals surface area contributed by atoms with Crippen LogP contribution in [0.15, 0.2) is 51.7 Å². The minimum Gasteiger partial charge on any atom is -0.497 e. The Kier molecular flexibility index (Phi) is 4.79. The van der Waals surface area contributed by atoms with Crippen molar-refractivity contribution in [2.45, 2.75) is 0 Å². The molecule has 26 heavy (non-hydrogen) atoms. The van der Waals surface area contributed by atoms with Crippen LogP contribution < -0.4 is 25.2 Å². The predicted molar refractivity (Wildman–Crippen MR) is 96.5 cm³/mol. The van der Waals surface area contributed by atoms with Crippen LogP contribution in [-0.4, -0.2) is 27.2 Å². The van der Waals surface area contributed by atoms with Gasteiger partial charge in [0, 0.05) is 41.4 Å². The SMILES string of the molecule is COc1cc(NC(=O)c2cc(=O)oc3cc(OC)ccc23)cc(OC)c1. The summed E-state index contributed by atoms with van der Waals surface area (Å²) in [5, 5.41) is 3.24. The first-order valence-corrected chi connectivity index (χ1v) is 7.70. The van der Waals surface area contributed by atoms with Crippen LogP contribution in [0.25, 0.3) is 11.0 Å². The van der Waals surface area contributed by atoms with Gasteiger partial charge in [-0.05, 0) is 12.1 Å². The van der Waals surface area contributed by atoms with E-state index < -0.39 is 11.5 Å². The number of fused-ring (bicyclic) bond motifs is 1. The third-order valence-electron chi connectivity index (χ3n) is 3.81. The van der Waals surface area contributed by atoms with Crippen LogP contribution in [0.1, 0.15) is 10.4 Å². The molecular formula is C19H17NO6. The Morgan fingerprint density at radius 3 is 2.15 bits per heavy atom. The van der Waals surface area contributed by atoms with Gasteiger partial charge < -0.3 is 23.9 Å². The topological polar surface area (TPSA) is 87.0 Å². The van der Waals surface area contributed by atoms with Crippen LogP contribution >= 0.6 is 0 Å². The van der Waals surface area contributed by atoms with Crippen LogP contribution in [0.3, 0.4) is 0 Å². The minimum absolute atomic E-state index is 0.195. The fourth-order valence-electron chi connectivity index (χ4n) is 2.54. The molecule has 0 fully saturated rings. The Hall–Kier alpha value is -3.48. The molecule has 0 radical (unpaired) electrons. The molecule has 2 aromatic carbocycles. The van der Waals surface area contributed by atoms with Crippen molar-refractivity contribution in [2.75, 3.05) is 26.6 Å². The summed E-state index contributed by atoms with van der Waals surface area (Å²) in [4.78, 5) is 24.6. The van der Waals surface area contributed by atoms with Crippen molar-refractivity contribution < 1.29 is 23.4 Å². The summed E-state index contributed by atoms with van der Waals surface area (Å²) in [5.74, 6) is 1.13. The highest BCUT2D eigenvalue weighted by Gasteiger charge is 2.15. The molecule has 134 valence electrons. The summed E-state index contributed by atoms with van der Waals surface area (Å²) >= 11 is 0. The Labute approximate surface area is 149 Å². The third-order valence-corrected chi connectivity index (χ3v) is 3.81. The smallest absolute Gasteiger partial charge is 0.337 e. The zero-order chi connectivity index (χ0) is 18.7. The van der Waals surface area contributed by atoms with Crippen molar-refractivity contribution >= 4 is 22.6 Å². The second kappa shape index (κ2) is 7.18. The summed E-state index contributed by atoms with van der Waals surface area (Å²) < 4.78 is 20.7. The van der Waals surface area contributed by atoms with Crippen molar-refractivity contribution in [3.63, 3.8) is 0 Å². The van der Waals surface area contributed by atoms with E-state index in [9.17, 15) is 9.59 Å². The van der Waals surface area contributed by atoms with E-state index in [1.54, 1.807) is 36.4 Å². The highest BCUT2D eigenvalue weighted by atomic mass is 16.5. The summed E-state index contributed by atoms with van der Waals surface area (Å²) in [6.45, 7) is 0. The monoisotopic (exact) mass is 355 g/mol. The first-order valence-electron chi connectivity index (χ1n) is 7.70. The first kappa shape index (κ1) is 17.3. The van der Waals surface area contributed by atoms with E-state index >= 15 is 0 Å². The second-order valence-electron chi connectivity index (χ2n) is 5.40. The van der Waals surface area contributed by atoms with Crippen LogP contribution in [0, 0.1) is 0 Å². The van der Waals surface area contributed by atoms with Crippen molar-refractivity contribution in [1.82, 2.24) is 0 Å². The molecule has 7 heteroatoms. The maximum Gasteiger partial charge on any atom is 0.337 e. The minimum atomic E-state index is -0.626. The number of carbonyl (C=O) groups is 1. The largest absolute Gasteiger partial charge is 0.497 e. The Morgan fingerprint density at radius 2 is 1.54 bits per heavy atom. The Bertz CT molecular complexity index is 1000. The number of benzene rings is 2. The highest BCUT2D eigenvalue weighted by Crippen LogP contribution is 2.27. The third kappa shape index (κ3) is 3.46. The van der Waals surface area contributed by atoms with Crippen molar-refractivity contribution in [1.29, 1.82) is 0 Å². The van der Waals surface area contributed by atoms with E-state index in [-0.39, 0.29) is 11.1 Å². The molecule has 3 rings (SSSR count). The lowest BCUT2D eigenvalue weighted by Crippen LogP contribution is -2.15. The number of anilines is 1. The van der Waals surface area contributed by atoms with Crippen molar-refractivity contribution in [3.8, 4) is 17.2 Å². The molecule has 0 saturated heterocycles. The summed E-state index contributed by atoms with van der Waals surface area (Å²) in [6.07, 6.45) is 0. The molecule has 0 aliphatic carbocycles. The standard InChI is InChI=1S/C19H17NO6/c1-23-12-4-5-15-16(10-18(21)26-17(15)9-12)19(22)20-11-6-13(24-2)8-14(7-11)25-3/h4-10H,1-3H3,(H,20,22). The maximum atomic E-state index is 12.7. The molecular weight excluding hydrogens is 338 g/mol. The Morgan fingerprint density at radius 1 is 0.885 bits per heavy atom. The van der Waals surface area contributed by atoms with Gasteiger partial charge in [-0.1, -0.05) is 0 Å². The number of amides is 1. The van der Waals surface area contributed by atoms with Crippen LogP contribution in [0.2, 0.25) is 0 Å². The quantitative estimate of drug-likeness (QED) is 0.708. The van der Waals surface area contributed by atoms with E-state index in [2.05, 4.69) is 5.32 Å². The predicted octanol–water partition coefficient (Wildman–Crippen LogP) is 3.07.